The summed E-state index contributed by atoms with van der Waals surface area (Å²) in [5.74, 6) is 1.57. The second-order valence-electron chi connectivity index (χ2n) is 6.69. The summed E-state index contributed by atoms with van der Waals surface area (Å²) < 4.78 is 5.65. The first-order valence-corrected chi connectivity index (χ1v) is 9.02. The molecule has 1 heterocycles. The number of benzene rings is 1. The van der Waals surface area contributed by atoms with E-state index >= 15 is 0 Å². The second kappa shape index (κ2) is 8.76. The molecule has 1 aromatic heterocycles. The van der Waals surface area contributed by atoms with E-state index in [4.69, 9.17) is 9.52 Å². The predicted molar refractivity (Wildman–Crippen MR) is 93.6 cm³/mol. The highest BCUT2D eigenvalue weighted by atomic mass is 16.4. The maximum atomic E-state index is 12.1. The lowest BCUT2D eigenvalue weighted by atomic mass is 9.86. The molecule has 1 aliphatic rings. The summed E-state index contributed by atoms with van der Waals surface area (Å²) in [7, 11) is 0. The van der Waals surface area contributed by atoms with Gasteiger partial charge in [-0.2, -0.15) is 0 Å². The van der Waals surface area contributed by atoms with Gasteiger partial charge in [0.2, 0.25) is 17.7 Å². The van der Waals surface area contributed by atoms with Gasteiger partial charge in [-0.1, -0.05) is 18.2 Å². The van der Waals surface area contributed by atoms with Crippen molar-refractivity contribution in [3.8, 4) is 11.5 Å². The maximum Gasteiger partial charge on any atom is 0.247 e. The van der Waals surface area contributed by atoms with Crippen molar-refractivity contribution in [3.05, 3.63) is 36.2 Å². The van der Waals surface area contributed by atoms with Gasteiger partial charge >= 0.3 is 0 Å². The number of aliphatic hydroxyl groups is 1. The lowest BCUT2D eigenvalue weighted by Gasteiger charge is -2.27. The van der Waals surface area contributed by atoms with Crippen LogP contribution >= 0.6 is 0 Å². The van der Waals surface area contributed by atoms with Crippen LogP contribution in [0.1, 0.15) is 44.4 Å². The molecule has 2 aromatic rings. The zero-order chi connectivity index (χ0) is 17.5. The number of aliphatic hydroxyl groups excluding tert-OH is 1. The lowest BCUT2D eigenvalue weighted by Crippen LogP contribution is -2.38. The van der Waals surface area contributed by atoms with Crippen molar-refractivity contribution >= 4 is 5.91 Å². The van der Waals surface area contributed by atoms with E-state index in [0.717, 1.165) is 31.2 Å². The Hall–Kier alpha value is -2.21. The minimum absolute atomic E-state index is 0.0789. The Morgan fingerprint density at radius 1 is 1.16 bits per heavy atom. The van der Waals surface area contributed by atoms with Gasteiger partial charge in [0.25, 0.3) is 0 Å². The summed E-state index contributed by atoms with van der Waals surface area (Å²) in [6, 6.07) is 9.90. The number of hydrogen-bond donors (Lipinski definition) is 2. The van der Waals surface area contributed by atoms with E-state index < -0.39 is 0 Å². The largest absolute Gasteiger partial charge is 0.421 e. The fourth-order valence-corrected chi connectivity index (χ4v) is 3.24. The number of aryl methyl sites for hydroxylation is 1. The summed E-state index contributed by atoms with van der Waals surface area (Å²) in [6.07, 6.45) is 5.65. The highest BCUT2D eigenvalue weighted by Gasteiger charge is 2.21. The third-order valence-corrected chi connectivity index (χ3v) is 4.75. The molecule has 1 fully saturated rings. The molecule has 0 aliphatic heterocycles. The molecule has 1 aliphatic carbocycles. The third kappa shape index (κ3) is 5.13. The zero-order valence-electron chi connectivity index (χ0n) is 14.4. The molecular formula is C19H25N3O3. The molecule has 2 N–H and O–H groups in total. The van der Waals surface area contributed by atoms with E-state index in [0.29, 0.717) is 37.0 Å². The Bertz CT molecular complexity index is 664. The van der Waals surface area contributed by atoms with E-state index in [-0.39, 0.29) is 18.6 Å². The molecule has 134 valence electrons. The van der Waals surface area contributed by atoms with Crippen molar-refractivity contribution in [1.29, 1.82) is 0 Å². The summed E-state index contributed by atoms with van der Waals surface area (Å²) in [6.45, 7) is 0.260. The molecule has 25 heavy (non-hydrogen) atoms. The number of rotatable bonds is 7. The van der Waals surface area contributed by atoms with Crippen LogP contribution in [0.2, 0.25) is 0 Å². The summed E-state index contributed by atoms with van der Waals surface area (Å²) >= 11 is 0. The number of carbonyl (C=O) groups excluding carboxylic acids is 1. The van der Waals surface area contributed by atoms with Gasteiger partial charge in [-0.3, -0.25) is 4.79 Å². The minimum atomic E-state index is 0.0789. The maximum absolute atomic E-state index is 12.1. The van der Waals surface area contributed by atoms with Gasteiger partial charge in [0.1, 0.15) is 0 Å². The van der Waals surface area contributed by atoms with Crippen molar-refractivity contribution in [2.24, 2.45) is 5.92 Å². The van der Waals surface area contributed by atoms with Crippen molar-refractivity contribution in [2.75, 3.05) is 6.61 Å². The Morgan fingerprint density at radius 3 is 2.64 bits per heavy atom. The Labute approximate surface area is 147 Å². The van der Waals surface area contributed by atoms with Crippen LogP contribution in [0.3, 0.4) is 0 Å². The summed E-state index contributed by atoms with van der Waals surface area (Å²) in [5.41, 5.74) is 0.900. The highest BCUT2D eigenvalue weighted by molar-refractivity contribution is 5.76. The molecule has 0 radical (unpaired) electrons. The van der Waals surface area contributed by atoms with Gasteiger partial charge in [-0.25, -0.2) is 0 Å². The van der Waals surface area contributed by atoms with E-state index in [1.54, 1.807) is 0 Å². The van der Waals surface area contributed by atoms with Crippen molar-refractivity contribution in [2.45, 2.75) is 51.0 Å². The molecule has 1 saturated carbocycles. The summed E-state index contributed by atoms with van der Waals surface area (Å²) in [5, 5.41) is 20.4. The van der Waals surface area contributed by atoms with Crippen LogP contribution < -0.4 is 5.32 Å². The third-order valence-electron chi connectivity index (χ3n) is 4.75. The molecule has 1 aromatic carbocycles. The van der Waals surface area contributed by atoms with E-state index in [9.17, 15) is 4.79 Å². The number of nitrogens with zero attached hydrogens (tertiary/aromatic N) is 2. The minimum Gasteiger partial charge on any atom is -0.421 e. The average molecular weight is 343 g/mol. The van der Waals surface area contributed by atoms with Crippen LogP contribution in [0.4, 0.5) is 0 Å². The van der Waals surface area contributed by atoms with Crippen LogP contribution in [0.25, 0.3) is 11.5 Å². The van der Waals surface area contributed by atoms with Gasteiger partial charge < -0.3 is 14.8 Å². The first-order valence-electron chi connectivity index (χ1n) is 9.02. The normalized spacial score (nSPS) is 20.4. The number of amides is 1. The number of aromatic nitrogens is 2. The fourth-order valence-electron chi connectivity index (χ4n) is 3.24. The van der Waals surface area contributed by atoms with Crippen molar-refractivity contribution < 1.29 is 14.3 Å². The average Bonchev–Trinajstić information content (AvgIpc) is 3.12. The highest BCUT2D eigenvalue weighted by Crippen LogP contribution is 2.23. The lowest BCUT2D eigenvalue weighted by molar-refractivity contribution is -0.122. The smallest absolute Gasteiger partial charge is 0.247 e. The SMILES string of the molecule is O=C(CCCc1nnc(-c2ccccc2)o1)NC1CCC(CO)CC1. The molecule has 3 rings (SSSR count). The molecular weight excluding hydrogens is 318 g/mol. The van der Waals surface area contributed by atoms with Crippen LogP contribution in [0, 0.1) is 5.92 Å². The molecule has 6 nitrogen and oxygen atoms in total. The molecule has 0 spiro atoms. The molecule has 0 atom stereocenters. The van der Waals surface area contributed by atoms with Gasteiger partial charge in [-0.05, 0) is 50.2 Å². The fraction of sp³-hybridized carbons (Fsp3) is 0.526. The van der Waals surface area contributed by atoms with E-state index in [2.05, 4.69) is 15.5 Å². The van der Waals surface area contributed by atoms with Gasteiger partial charge in [0, 0.05) is 31.1 Å². The number of nitrogens with one attached hydrogen (secondary N) is 1. The molecule has 0 saturated heterocycles. The van der Waals surface area contributed by atoms with Crippen LogP contribution in [-0.4, -0.2) is 33.9 Å². The molecule has 0 unspecified atom stereocenters. The second-order valence-corrected chi connectivity index (χ2v) is 6.69. The number of carbonyl (C=O) groups is 1. The van der Waals surface area contributed by atoms with Crippen LogP contribution in [-0.2, 0) is 11.2 Å². The van der Waals surface area contributed by atoms with Crippen LogP contribution in [0.5, 0.6) is 0 Å². The van der Waals surface area contributed by atoms with Crippen molar-refractivity contribution in [3.63, 3.8) is 0 Å². The van der Waals surface area contributed by atoms with Gasteiger partial charge in [0.15, 0.2) is 0 Å². The Morgan fingerprint density at radius 2 is 1.92 bits per heavy atom. The van der Waals surface area contributed by atoms with Crippen LogP contribution in [0.15, 0.2) is 34.7 Å². The predicted octanol–water partition coefficient (Wildman–Crippen LogP) is 2.73. The molecule has 0 bridgehead atoms. The molecule has 6 heteroatoms. The van der Waals surface area contributed by atoms with Gasteiger partial charge in [0.05, 0.1) is 0 Å². The molecule has 1 amide bonds. The zero-order valence-corrected chi connectivity index (χ0v) is 14.4. The van der Waals surface area contributed by atoms with Gasteiger partial charge in [-0.15, -0.1) is 10.2 Å². The van der Waals surface area contributed by atoms with Crippen molar-refractivity contribution in [1.82, 2.24) is 15.5 Å². The monoisotopic (exact) mass is 343 g/mol. The van der Waals surface area contributed by atoms with E-state index in [1.165, 1.54) is 0 Å². The Balaban J connectivity index is 1.38. The van der Waals surface area contributed by atoms with E-state index in [1.807, 2.05) is 30.3 Å². The first-order chi connectivity index (χ1) is 12.2. The topological polar surface area (TPSA) is 88.2 Å². The summed E-state index contributed by atoms with van der Waals surface area (Å²) in [4.78, 5) is 12.1. The first kappa shape index (κ1) is 17.6. The quantitative estimate of drug-likeness (QED) is 0.807. The number of hydrogen-bond acceptors (Lipinski definition) is 5. The Kier molecular flexibility index (Phi) is 6.17. The standard InChI is InChI=1S/C19H25N3O3/c23-13-14-9-11-16(12-10-14)20-17(24)7-4-8-18-21-22-19(25-18)15-5-2-1-3-6-15/h1-3,5-6,14,16,23H,4,7-13H2,(H,20,24).